The minimum atomic E-state index is -2.65. The van der Waals surface area contributed by atoms with Crippen LogP contribution in [0.5, 0.6) is 0 Å². The van der Waals surface area contributed by atoms with Crippen molar-refractivity contribution < 1.29 is 23.0 Å². The number of hydrogen-bond acceptors (Lipinski definition) is 9. The van der Waals surface area contributed by atoms with Gasteiger partial charge in [-0.3, -0.25) is 28.1 Å². The summed E-state index contributed by atoms with van der Waals surface area (Å²) in [7, 11) is -0.870. The number of benzene rings is 3. The third kappa shape index (κ3) is 6.77. The topological polar surface area (TPSA) is 167 Å². The molecule has 17 heteroatoms. The maximum atomic E-state index is 15.5. The number of nitrogens with one attached hydrogen (secondary N) is 2. The summed E-state index contributed by atoms with van der Waals surface area (Å²) in [4.78, 5) is 47.4. The van der Waals surface area contributed by atoms with Crippen LogP contribution in [0.3, 0.4) is 0 Å². The molecule has 6 heterocycles. The van der Waals surface area contributed by atoms with Gasteiger partial charge in [0.1, 0.15) is 35.6 Å². The van der Waals surface area contributed by atoms with Crippen molar-refractivity contribution in [3.8, 4) is 22.6 Å². The van der Waals surface area contributed by atoms with Gasteiger partial charge in [-0.2, -0.15) is 5.10 Å². The third-order valence-electron chi connectivity index (χ3n) is 14.6. The lowest BCUT2D eigenvalue weighted by atomic mass is 9.91. The first-order valence-electron chi connectivity index (χ1n) is 22.9. The lowest BCUT2D eigenvalue weighted by molar-refractivity contribution is 0.0623. The van der Waals surface area contributed by atoms with Gasteiger partial charge < -0.3 is 24.1 Å². The zero-order chi connectivity index (χ0) is 46.4. The molecule has 0 radical (unpaired) electrons. The molecule has 2 N–H and O–H groups in total. The quantitative estimate of drug-likeness (QED) is 0.123. The zero-order valence-corrected chi connectivity index (χ0v) is 39.2. The van der Waals surface area contributed by atoms with Crippen LogP contribution in [0, 0.1) is 25.6 Å². The minimum absolute atomic E-state index is 0.0201. The van der Waals surface area contributed by atoms with E-state index < -0.39 is 24.5 Å². The number of fused-ring (bicyclic) bond motifs is 2. The van der Waals surface area contributed by atoms with Gasteiger partial charge in [0.2, 0.25) is 0 Å². The summed E-state index contributed by atoms with van der Waals surface area (Å²) in [5, 5.41) is 14.2. The monoisotopic (exact) mass is 915 g/mol. The molecule has 3 aliphatic rings. The summed E-state index contributed by atoms with van der Waals surface area (Å²) >= 11 is 0. The van der Waals surface area contributed by atoms with Crippen molar-refractivity contribution in [3.63, 3.8) is 0 Å². The second-order valence-corrected chi connectivity index (χ2v) is 21.8. The summed E-state index contributed by atoms with van der Waals surface area (Å²) in [6.07, 6.45) is 6.88. The van der Waals surface area contributed by atoms with Crippen LogP contribution in [0.15, 0.2) is 81.1 Å². The van der Waals surface area contributed by atoms with Crippen LogP contribution in [0.1, 0.15) is 97.6 Å². The van der Waals surface area contributed by atoms with Crippen LogP contribution in [-0.4, -0.2) is 83.6 Å². The molecule has 15 nitrogen and oxygen atoms in total. The van der Waals surface area contributed by atoms with Gasteiger partial charge in [-0.25, -0.2) is 14.0 Å². The van der Waals surface area contributed by atoms with E-state index in [1.807, 2.05) is 59.2 Å². The molecule has 2 aliphatic heterocycles. The van der Waals surface area contributed by atoms with Gasteiger partial charge in [-0.15, -0.1) is 0 Å². The number of nitrogens with zero attached hydrogens (tertiary/aromatic N) is 7. The molecule has 1 aliphatic carbocycles. The number of rotatable bonds is 11. The Labute approximate surface area is 380 Å². The lowest BCUT2D eigenvalue weighted by Gasteiger charge is -2.35. The number of amides is 1. The van der Waals surface area contributed by atoms with Gasteiger partial charge in [0.15, 0.2) is 5.82 Å². The molecular weight excluding hydrogens is 861 g/mol. The van der Waals surface area contributed by atoms with Crippen molar-refractivity contribution in [1.82, 2.24) is 38.5 Å². The number of aromatic nitrogens is 7. The highest BCUT2D eigenvalue weighted by Gasteiger charge is 2.59. The van der Waals surface area contributed by atoms with Crippen molar-refractivity contribution in [2.75, 3.05) is 44.4 Å². The third-order valence-corrected chi connectivity index (χ3v) is 17.9. The summed E-state index contributed by atoms with van der Waals surface area (Å²) in [6, 6.07) is 16.7. The largest absolute Gasteiger partial charge is 0.438 e. The van der Waals surface area contributed by atoms with E-state index in [0.717, 1.165) is 29.0 Å². The molecule has 0 spiro atoms. The Kier molecular flexibility index (Phi) is 10.8. The van der Waals surface area contributed by atoms with E-state index >= 15 is 9.18 Å². The first-order chi connectivity index (χ1) is 31.7. The van der Waals surface area contributed by atoms with Crippen LogP contribution in [-0.2, 0) is 21.4 Å². The molecule has 344 valence electrons. The molecule has 66 heavy (non-hydrogen) atoms. The molecule has 2 fully saturated rings. The average molecular weight is 916 g/mol. The Hall–Kier alpha value is -6.25. The fraction of sp³-hybridized carbons (Fsp3) is 0.408. The molecule has 1 saturated heterocycles. The summed E-state index contributed by atoms with van der Waals surface area (Å²) in [5.41, 5.74) is 5.65. The van der Waals surface area contributed by atoms with Crippen molar-refractivity contribution in [2.45, 2.75) is 84.8 Å². The van der Waals surface area contributed by atoms with Crippen molar-refractivity contribution in [3.05, 3.63) is 128 Å². The van der Waals surface area contributed by atoms with Gasteiger partial charge in [0, 0.05) is 79.0 Å². The number of ether oxygens (including phenoxy) is 1. The Morgan fingerprint density at radius 3 is 2.33 bits per heavy atom. The van der Waals surface area contributed by atoms with Gasteiger partial charge in [-0.05, 0) is 117 Å². The van der Waals surface area contributed by atoms with Crippen molar-refractivity contribution in [2.24, 2.45) is 5.92 Å². The standard InChI is InChI=1S/C49H55FN9O6P/c1-8-66(63,9-2)40-13-11-36(26-37(40)51-7)56-16-17-57(48(56)62)44-42(35-22-28(3)41(50)29(4)23-35)53-58-19-18-55(31(6)43(44)58)45(60)39-25-34-24-33(32-14-20-64-21-15-32)10-12-38(34)59(39)49(27-30(49)5)46-52-47(61)65-54-46/h10-13,16-17,22-26,30-32,51H,8-9,14-15,18-21,27H2,1-7H3,(H,52,54,61). The summed E-state index contributed by atoms with van der Waals surface area (Å²) in [5.74, 6) is -0.489. The highest BCUT2D eigenvalue weighted by molar-refractivity contribution is 7.71. The van der Waals surface area contributed by atoms with E-state index in [9.17, 15) is 14.2 Å². The maximum Gasteiger partial charge on any atom is 0.438 e. The number of halogens is 1. The molecule has 3 unspecified atom stereocenters. The molecule has 7 aromatic rings. The second-order valence-electron chi connectivity index (χ2n) is 18.2. The molecule has 0 bridgehead atoms. The Balaban J connectivity index is 1.11. The molecular formula is C49H55FN9O6P. The number of H-pyrrole nitrogens is 1. The van der Waals surface area contributed by atoms with Gasteiger partial charge in [0.05, 0.1) is 24.0 Å². The van der Waals surface area contributed by atoms with Gasteiger partial charge in [-0.1, -0.05) is 32.0 Å². The van der Waals surface area contributed by atoms with Crippen LogP contribution in [0.4, 0.5) is 10.1 Å². The van der Waals surface area contributed by atoms with Crippen molar-refractivity contribution in [1.29, 1.82) is 0 Å². The summed E-state index contributed by atoms with van der Waals surface area (Å²) in [6.45, 7) is 13.3. The number of anilines is 1. The van der Waals surface area contributed by atoms with Crippen molar-refractivity contribution >= 4 is 34.9 Å². The first kappa shape index (κ1) is 43.6. The SMILES string of the molecule is CCP(=O)(CC)c1ccc(-n2ccn(-c3c(-c4cc(C)c(F)c(C)c4)nn4c3C(C)N(C(=O)c3cc5cc(C6CCOCC6)ccc5n3C3(c5noc(=O)[nH]5)CC3C)CC4)c2=O)cc1NC. The van der Waals surface area contributed by atoms with Crippen LogP contribution < -0.4 is 22.1 Å². The van der Waals surface area contributed by atoms with Crippen LogP contribution >= 0.6 is 7.14 Å². The maximum absolute atomic E-state index is 15.5. The number of aromatic amines is 1. The smallest absolute Gasteiger partial charge is 0.387 e. The highest BCUT2D eigenvalue weighted by atomic mass is 31.2. The van der Waals surface area contributed by atoms with Gasteiger partial charge in [0.25, 0.3) is 5.91 Å². The van der Waals surface area contributed by atoms with Crippen LogP contribution in [0.2, 0.25) is 0 Å². The zero-order valence-electron chi connectivity index (χ0n) is 38.4. The first-order valence-corrected chi connectivity index (χ1v) is 25.0. The highest BCUT2D eigenvalue weighted by Crippen LogP contribution is 2.56. The normalized spacial score (nSPS) is 20.0. The molecule has 3 aromatic carbocycles. The Morgan fingerprint density at radius 1 is 0.970 bits per heavy atom. The molecule has 3 atom stereocenters. The van der Waals surface area contributed by atoms with E-state index in [4.69, 9.17) is 14.4 Å². The number of imidazole rings is 1. The molecule has 1 amide bonds. The Bertz CT molecular complexity index is 3210. The predicted octanol–water partition coefficient (Wildman–Crippen LogP) is 7.84. The fourth-order valence-electron chi connectivity index (χ4n) is 10.7. The fourth-order valence-corrected chi connectivity index (χ4v) is 12.8. The van der Waals surface area contributed by atoms with E-state index in [2.05, 4.69) is 40.6 Å². The van der Waals surface area contributed by atoms with E-state index in [1.54, 1.807) is 50.0 Å². The summed E-state index contributed by atoms with van der Waals surface area (Å²) < 4.78 is 46.7. The van der Waals surface area contributed by atoms with E-state index in [-0.39, 0.29) is 23.3 Å². The number of hydrogen-bond donors (Lipinski definition) is 2. The van der Waals surface area contributed by atoms with E-state index in [0.29, 0.717) is 108 Å². The Morgan fingerprint density at radius 2 is 1.68 bits per heavy atom. The second kappa shape index (κ2) is 16.3. The van der Waals surface area contributed by atoms with E-state index in [1.165, 1.54) is 10.1 Å². The van der Waals surface area contributed by atoms with Crippen LogP contribution in [0.25, 0.3) is 33.5 Å². The minimum Gasteiger partial charge on any atom is -0.387 e. The number of carbonyl (C=O) groups excluding carboxylic acids is 1. The number of carbonyl (C=O) groups is 1. The predicted molar refractivity (Wildman–Crippen MR) is 252 cm³/mol. The number of aryl methyl sites for hydroxylation is 2. The lowest BCUT2D eigenvalue weighted by Crippen LogP contribution is -2.43. The molecule has 1 saturated carbocycles. The molecule has 4 aromatic heterocycles. The average Bonchev–Trinajstić information content (AvgIpc) is 3.82. The molecule has 10 rings (SSSR count). The van der Waals surface area contributed by atoms with Gasteiger partial charge >= 0.3 is 11.4 Å².